The van der Waals surface area contributed by atoms with Crippen LogP contribution in [0.15, 0.2) is 54.6 Å². The first kappa shape index (κ1) is 19.6. The van der Waals surface area contributed by atoms with Gasteiger partial charge in [-0.2, -0.15) is 0 Å². The summed E-state index contributed by atoms with van der Waals surface area (Å²) in [6.45, 7) is 5.64. The van der Waals surface area contributed by atoms with Crippen molar-refractivity contribution in [1.29, 1.82) is 0 Å². The molecule has 0 atom stereocenters. The Morgan fingerprint density at radius 2 is 1.28 bits per heavy atom. The molecule has 0 saturated heterocycles. The average molecular weight is 338 g/mol. The van der Waals surface area contributed by atoms with Gasteiger partial charge in [0.2, 0.25) is 0 Å². The topological polar surface area (TPSA) is 3.24 Å². The van der Waals surface area contributed by atoms with Gasteiger partial charge in [-0.05, 0) is 43.0 Å². The minimum Gasteiger partial charge on any atom is -0.341 e. The Labute approximate surface area is 155 Å². The van der Waals surface area contributed by atoms with Crippen LogP contribution in [-0.4, -0.2) is 6.54 Å². The molecule has 136 valence electrons. The molecule has 0 N–H and O–H groups in total. The van der Waals surface area contributed by atoms with E-state index in [0.717, 1.165) is 6.54 Å². The standard InChI is InChI=1S/C24H35N/c1-3-5-7-8-9-11-16-22-17-14-15-20-24(22)25(21-6-4-2)23-18-12-10-13-19-23/h10,12-15,17-20H,3-9,11,16,21H2,1-2H3. The highest BCUT2D eigenvalue weighted by atomic mass is 15.1. The highest BCUT2D eigenvalue weighted by Gasteiger charge is 2.12. The molecule has 2 aromatic rings. The molecule has 0 aromatic heterocycles. The Bertz CT molecular complexity index is 576. The van der Waals surface area contributed by atoms with E-state index in [-0.39, 0.29) is 0 Å². The van der Waals surface area contributed by atoms with Crippen molar-refractivity contribution in [3.05, 3.63) is 60.2 Å². The molecule has 25 heavy (non-hydrogen) atoms. The number of unbranched alkanes of at least 4 members (excludes halogenated alkanes) is 6. The predicted molar refractivity (Wildman–Crippen MR) is 112 cm³/mol. The molecule has 0 saturated carbocycles. The second-order valence-electron chi connectivity index (χ2n) is 6.99. The third-order valence-electron chi connectivity index (χ3n) is 4.89. The van der Waals surface area contributed by atoms with Crippen LogP contribution in [0.5, 0.6) is 0 Å². The van der Waals surface area contributed by atoms with E-state index in [2.05, 4.69) is 73.3 Å². The lowest BCUT2D eigenvalue weighted by molar-refractivity contribution is 0.607. The fourth-order valence-corrected chi connectivity index (χ4v) is 3.39. The Morgan fingerprint density at radius 3 is 2.04 bits per heavy atom. The molecule has 0 amide bonds. The SMILES string of the molecule is CCCCCCCCc1ccccc1N(CCCC)c1ccccc1. The number of hydrogen-bond donors (Lipinski definition) is 0. The van der Waals surface area contributed by atoms with E-state index >= 15 is 0 Å². The number of rotatable bonds is 12. The van der Waals surface area contributed by atoms with E-state index in [0.29, 0.717) is 0 Å². The molecule has 0 fully saturated rings. The van der Waals surface area contributed by atoms with Crippen LogP contribution in [0.25, 0.3) is 0 Å². The lowest BCUT2D eigenvalue weighted by Gasteiger charge is -2.27. The van der Waals surface area contributed by atoms with Gasteiger partial charge in [0.1, 0.15) is 0 Å². The van der Waals surface area contributed by atoms with Gasteiger partial charge >= 0.3 is 0 Å². The lowest BCUT2D eigenvalue weighted by atomic mass is 10.0. The summed E-state index contributed by atoms with van der Waals surface area (Å²) in [5, 5.41) is 0. The second-order valence-corrected chi connectivity index (χ2v) is 6.99. The van der Waals surface area contributed by atoms with E-state index in [1.807, 2.05) is 0 Å². The molecule has 1 heteroatoms. The molecule has 0 heterocycles. The number of para-hydroxylation sites is 2. The second kappa shape index (κ2) is 11.7. The van der Waals surface area contributed by atoms with Gasteiger partial charge in [-0.25, -0.2) is 0 Å². The summed E-state index contributed by atoms with van der Waals surface area (Å²) in [5.74, 6) is 0. The first-order chi connectivity index (χ1) is 12.4. The quantitative estimate of drug-likeness (QED) is 0.362. The van der Waals surface area contributed by atoms with Gasteiger partial charge in [0.25, 0.3) is 0 Å². The molecule has 2 rings (SSSR count). The van der Waals surface area contributed by atoms with Gasteiger partial charge in [-0.1, -0.05) is 88.8 Å². The van der Waals surface area contributed by atoms with Crippen LogP contribution in [0.4, 0.5) is 11.4 Å². The molecular formula is C24H35N. The van der Waals surface area contributed by atoms with Crippen molar-refractivity contribution < 1.29 is 0 Å². The summed E-state index contributed by atoms with van der Waals surface area (Å²) in [6.07, 6.45) is 11.8. The summed E-state index contributed by atoms with van der Waals surface area (Å²) < 4.78 is 0. The third-order valence-corrected chi connectivity index (χ3v) is 4.89. The minimum absolute atomic E-state index is 1.09. The summed E-state index contributed by atoms with van der Waals surface area (Å²) in [6, 6.07) is 19.9. The normalized spacial score (nSPS) is 10.8. The van der Waals surface area contributed by atoms with Crippen molar-refractivity contribution in [2.45, 2.75) is 71.6 Å². The third kappa shape index (κ3) is 6.57. The van der Waals surface area contributed by atoms with E-state index in [9.17, 15) is 0 Å². The van der Waals surface area contributed by atoms with Gasteiger partial charge < -0.3 is 4.90 Å². The van der Waals surface area contributed by atoms with Gasteiger partial charge in [0.05, 0.1) is 0 Å². The zero-order valence-electron chi connectivity index (χ0n) is 16.2. The molecule has 2 aromatic carbocycles. The highest BCUT2D eigenvalue weighted by Crippen LogP contribution is 2.30. The lowest BCUT2D eigenvalue weighted by Crippen LogP contribution is -2.19. The number of aryl methyl sites for hydroxylation is 1. The zero-order chi connectivity index (χ0) is 17.7. The van der Waals surface area contributed by atoms with Gasteiger partial charge in [0.15, 0.2) is 0 Å². The summed E-state index contributed by atoms with van der Waals surface area (Å²) in [4.78, 5) is 2.51. The molecule has 0 radical (unpaired) electrons. The van der Waals surface area contributed by atoms with E-state index in [1.54, 1.807) is 0 Å². The summed E-state index contributed by atoms with van der Waals surface area (Å²) in [7, 11) is 0. The zero-order valence-corrected chi connectivity index (χ0v) is 16.2. The van der Waals surface area contributed by atoms with Crippen LogP contribution in [0.2, 0.25) is 0 Å². The Hall–Kier alpha value is -1.76. The maximum absolute atomic E-state index is 2.51. The first-order valence-corrected chi connectivity index (χ1v) is 10.3. The fourth-order valence-electron chi connectivity index (χ4n) is 3.39. The monoisotopic (exact) mass is 337 g/mol. The maximum atomic E-state index is 2.51. The Kier molecular flexibility index (Phi) is 9.18. The van der Waals surface area contributed by atoms with E-state index < -0.39 is 0 Å². The van der Waals surface area contributed by atoms with Crippen molar-refractivity contribution in [2.75, 3.05) is 11.4 Å². The average Bonchev–Trinajstić information content (AvgIpc) is 2.67. The predicted octanol–water partition coefficient (Wildman–Crippen LogP) is 7.53. The molecule has 0 spiro atoms. The fraction of sp³-hybridized carbons (Fsp3) is 0.500. The van der Waals surface area contributed by atoms with Crippen molar-refractivity contribution >= 4 is 11.4 Å². The highest BCUT2D eigenvalue weighted by molar-refractivity contribution is 5.66. The van der Waals surface area contributed by atoms with Crippen molar-refractivity contribution in [1.82, 2.24) is 0 Å². The van der Waals surface area contributed by atoms with Crippen LogP contribution < -0.4 is 4.90 Å². The molecule has 0 bridgehead atoms. The summed E-state index contributed by atoms with van der Waals surface area (Å²) in [5.41, 5.74) is 4.21. The smallest absolute Gasteiger partial charge is 0.0443 e. The van der Waals surface area contributed by atoms with Crippen molar-refractivity contribution in [2.24, 2.45) is 0 Å². The van der Waals surface area contributed by atoms with Crippen LogP contribution in [0.1, 0.15) is 70.8 Å². The van der Waals surface area contributed by atoms with Gasteiger partial charge in [-0.3, -0.25) is 0 Å². The van der Waals surface area contributed by atoms with E-state index in [4.69, 9.17) is 0 Å². The molecule has 0 unspecified atom stereocenters. The Morgan fingerprint density at radius 1 is 0.640 bits per heavy atom. The summed E-state index contributed by atoms with van der Waals surface area (Å²) >= 11 is 0. The van der Waals surface area contributed by atoms with Crippen LogP contribution in [0.3, 0.4) is 0 Å². The molecule has 0 aliphatic heterocycles. The number of benzene rings is 2. The van der Waals surface area contributed by atoms with Crippen LogP contribution in [0, 0.1) is 0 Å². The minimum atomic E-state index is 1.09. The van der Waals surface area contributed by atoms with E-state index in [1.165, 1.54) is 74.7 Å². The Balaban J connectivity index is 2.07. The van der Waals surface area contributed by atoms with Crippen molar-refractivity contribution in [3.63, 3.8) is 0 Å². The first-order valence-electron chi connectivity index (χ1n) is 10.3. The number of hydrogen-bond acceptors (Lipinski definition) is 1. The molecule has 1 nitrogen and oxygen atoms in total. The largest absolute Gasteiger partial charge is 0.341 e. The van der Waals surface area contributed by atoms with Gasteiger partial charge in [-0.15, -0.1) is 0 Å². The molecule has 0 aliphatic rings. The molecular weight excluding hydrogens is 302 g/mol. The molecule has 0 aliphatic carbocycles. The van der Waals surface area contributed by atoms with Gasteiger partial charge in [0, 0.05) is 17.9 Å². The maximum Gasteiger partial charge on any atom is 0.0443 e. The number of anilines is 2. The van der Waals surface area contributed by atoms with Crippen LogP contribution >= 0.6 is 0 Å². The van der Waals surface area contributed by atoms with Crippen LogP contribution in [-0.2, 0) is 6.42 Å². The number of nitrogens with zero attached hydrogens (tertiary/aromatic N) is 1. The van der Waals surface area contributed by atoms with Crippen molar-refractivity contribution in [3.8, 4) is 0 Å².